The number of amides is 1. The second kappa shape index (κ2) is 6.44. The minimum absolute atomic E-state index is 0.179. The van der Waals surface area contributed by atoms with Crippen molar-refractivity contribution < 1.29 is 17.6 Å². The van der Waals surface area contributed by atoms with Gasteiger partial charge in [0.05, 0.1) is 15.9 Å². The molecule has 0 bridgehead atoms. The molecule has 19 heavy (non-hydrogen) atoms. The number of sulfonamides is 1. The van der Waals surface area contributed by atoms with Crippen molar-refractivity contribution in [1.82, 2.24) is 9.62 Å². The van der Waals surface area contributed by atoms with Crippen molar-refractivity contribution >= 4 is 31.9 Å². The number of carbonyl (C=O) groups excluding carboxylic acids is 1. The van der Waals surface area contributed by atoms with Gasteiger partial charge in [0.25, 0.3) is 0 Å². The second-order valence-corrected chi connectivity index (χ2v) is 6.69. The molecule has 0 saturated carbocycles. The highest BCUT2D eigenvalue weighted by Gasteiger charge is 2.23. The van der Waals surface area contributed by atoms with E-state index in [9.17, 15) is 17.6 Å². The van der Waals surface area contributed by atoms with Crippen LogP contribution in [0.4, 0.5) is 4.39 Å². The molecule has 0 aliphatic rings. The van der Waals surface area contributed by atoms with Gasteiger partial charge in [-0.1, -0.05) is 0 Å². The van der Waals surface area contributed by atoms with Crippen LogP contribution in [0.1, 0.15) is 6.92 Å². The van der Waals surface area contributed by atoms with Crippen LogP contribution in [0.3, 0.4) is 0 Å². The van der Waals surface area contributed by atoms with Gasteiger partial charge in [-0.2, -0.15) is 4.31 Å². The first kappa shape index (κ1) is 16.1. The maximum absolute atomic E-state index is 13.3. The number of hydrogen-bond acceptors (Lipinski definition) is 3. The fourth-order valence-electron chi connectivity index (χ4n) is 1.36. The molecule has 0 spiro atoms. The van der Waals surface area contributed by atoms with Gasteiger partial charge in [0.2, 0.25) is 15.9 Å². The van der Waals surface area contributed by atoms with Crippen LogP contribution in [0, 0.1) is 5.82 Å². The Balaban J connectivity index is 2.96. The van der Waals surface area contributed by atoms with Crippen LogP contribution in [0.5, 0.6) is 0 Å². The molecule has 0 aliphatic carbocycles. The molecule has 1 N–H and O–H groups in total. The monoisotopic (exact) mass is 352 g/mol. The predicted molar refractivity (Wildman–Crippen MR) is 72.6 cm³/mol. The van der Waals surface area contributed by atoms with Crippen molar-refractivity contribution in [3.05, 3.63) is 28.5 Å². The number of nitrogens with zero attached hydrogens (tertiary/aromatic N) is 1. The summed E-state index contributed by atoms with van der Waals surface area (Å²) >= 11 is 2.95. The molecule has 0 fully saturated rings. The molecule has 8 heteroatoms. The third kappa shape index (κ3) is 3.99. The number of rotatable bonds is 5. The van der Waals surface area contributed by atoms with Gasteiger partial charge in [-0.05, 0) is 41.1 Å². The summed E-state index contributed by atoms with van der Waals surface area (Å²) in [5.74, 6) is -1.08. The van der Waals surface area contributed by atoms with E-state index >= 15 is 0 Å². The van der Waals surface area contributed by atoms with Gasteiger partial charge in [-0.15, -0.1) is 0 Å². The first-order valence-electron chi connectivity index (χ1n) is 5.47. The lowest BCUT2D eigenvalue weighted by Crippen LogP contribution is -2.38. The number of hydrogen-bond donors (Lipinski definition) is 1. The van der Waals surface area contributed by atoms with Crippen LogP contribution >= 0.6 is 15.9 Å². The summed E-state index contributed by atoms with van der Waals surface area (Å²) in [6.45, 7) is 1.84. The van der Waals surface area contributed by atoms with Gasteiger partial charge in [0.15, 0.2) is 0 Å². The number of likely N-dealkylation sites (N-methyl/N-ethyl adjacent to an activating group) is 2. The van der Waals surface area contributed by atoms with Gasteiger partial charge < -0.3 is 5.32 Å². The van der Waals surface area contributed by atoms with Crippen LogP contribution in [0.25, 0.3) is 0 Å². The van der Waals surface area contributed by atoms with Crippen molar-refractivity contribution in [3.63, 3.8) is 0 Å². The smallest absolute Gasteiger partial charge is 0.243 e. The van der Waals surface area contributed by atoms with E-state index in [0.29, 0.717) is 6.54 Å². The lowest BCUT2D eigenvalue weighted by atomic mass is 10.3. The zero-order valence-corrected chi connectivity index (χ0v) is 12.9. The minimum atomic E-state index is -3.88. The molecule has 0 heterocycles. The number of nitrogens with one attached hydrogen (secondary N) is 1. The van der Waals surface area contributed by atoms with Gasteiger partial charge in [-0.25, -0.2) is 12.8 Å². The van der Waals surface area contributed by atoms with E-state index in [1.165, 1.54) is 19.2 Å². The first-order chi connectivity index (χ1) is 8.78. The summed E-state index contributed by atoms with van der Waals surface area (Å²) in [6, 6.07) is 3.49. The molecule has 0 atom stereocenters. The SMILES string of the molecule is CCNC(=O)CN(C)S(=O)(=O)c1ccc(Br)c(F)c1. The molecule has 0 aromatic heterocycles. The highest BCUT2D eigenvalue weighted by Crippen LogP contribution is 2.21. The van der Waals surface area contributed by atoms with Gasteiger partial charge in [0.1, 0.15) is 5.82 Å². The van der Waals surface area contributed by atoms with E-state index in [4.69, 9.17) is 0 Å². The fraction of sp³-hybridized carbons (Fsp3) is 0.364. The van der Waals surface area contributed by atoms with E-state index in [-0.39, 0.29) is 15.9 Å². The average molecular weight is 353 g/mol. The van der Waals surface area contributed by atoms with Crippen LogP contribution < -0.4 is 5.32 Å². The third-order valence-corrected chi connectivity index (χ3v) is 4.78. The first-order valence-corrected chi connectivity index (χ1v) is 7.70. The number of benzene rings is 1. The predicted octanol–water partition coefficient (Wildman–Crippen LogP) is 1.34. The summed E-state index contributed by atoms with van der Waals surface area (Å²) < 4.78 is 38.6. The third-order valence-electron chi connectivity index (χ3n) is 2.34. The zero-order chi connectivity index (χ0) is 14.6. The number of halogens is 2. The van der Waals surface area contributed by atoms with E-state index < -0.39 is 21.7 Å². The molecule has 1 aromatic rings. The average Bonchev–Trinajstić information content (AvgIpc) is 2.32. The Labute approximate surface area is 120 Å². The molecule has 0 unspecified atom stereocenters. The van der Waals surface area contributed by atoms with Crippen LogP contribution in [-0.2, 0) is 14.8 Å². The zero-order valence-electron chi connectivity index (χ0n) is 10.5. The van der Waals surface area contributed by atoms with Crippen molar-refractivity contribution in [2.45, 2.75) is 11.8 Å². The lowest BCUT2D eigenvalue weighted by Gasteiger charge is -2.16. The topological polar surface area (TPSA) is 66.5 Å². The highest BCUT2D eigenvalue weighted by molar-refractivity contribution is 9.10. The maximum atomic E-state index is 13.3. The molecule has 5 nitrogen and oxygen atoms in total. The van der Waals surface area contributed by atoms with Gasteiger partial charge in [-0.3, -0.25) is 4.79 Å². The maximum Gasteiger partial charge on any atom is 0.243 e. The summed E-state index contributed by atoms with van der Waals surface area (Å²) in [4.78, 5) is 11.2. The van der Waals surface area contributed by atoms with Crippen molar-refractivity contribution in [2.24, 2.45) is 0 Å². The molecule has 0 saturated heterocycles. The van der Waals surface area contributed by atoms with Crippen LogP contribution in [0.2, 0.25) is 0 Å². The quantitative estimate of drug-likeness (QED) is 0.869. The summed E-state index contributed by atoms with van der Waals surface area (Å²) in [5, 5.41) is 2.49. The van der Waals surface area contributed by atoms with E-state index in [1.54, 1.807) is 6.92 Å². The molecule has 0 radical (unpaired) electrons. The van der Waals surface area contributed by atoms with Crippen molar-refractivity contribution in [3.8, 4) is 0 Å². The second-order valence-electron chi connectivity index (χ2n) is 3.79. The molecule has 0 aliphatic heterocycles. The normalized spacial score (nSPS) is 11.6. The fourth-order valence-corrected chi connectivity index (χ4v) is 2.74. The van der Waals surface area contributed by atoms with Crippen LogP contribution in [0.15, 0.2) is 27.6 Å². The molecule has 1 amide bonds. The Morgan fingerprint density at radius 2 is 2.11 bits per heavy atom. The van der Waals surface area contributed by atoms with E-state index in [0.717, 1.165) is 10.4 Å². The standard InChI is InChI=1S/C11H14BrFN2O3S/c1-3-14-11(16)7-15(2)19(17,18)8-4-5-9(12)10(13)6-8/h4-6H,3,7H2,1-2H3,(H,14,16). The van der Waals surface area contributed by atoms with Crippen molar-refractivity contribution in [2.75, 3.05) is 20.1 Å². The molecule has 1 rings (SSSR count). The molecular weight excluding hydrogens is 339 g/mol. The van der Waals surface area contributed by atoms with E-state index in [2.05, 4.69) is 21.2 Å². The Morgan fingerprint density at radius 3 is 2.63 bits per heavy atom. The summed E-state index contributed by atoms with van der Waals surface area (Å²) in [7, 11) is -2.61. The lowest BCUT2D eigenvalue weighted by molar-refractivity contribution is -0.121. The minimum Gasteiger partial charge on any atom is -0.355 e. The Kier molecular flexibility index (Phi) is 5.45. The van der Waals surface area contributed by atoms with Gasteiger partial charge in [0, 0.05) is 13.6 Å². The summed E-state index contributed by atoms with van der Waals surface area (Å²) in [5.41, 5.74) is 0. The Hall–Kier alpha value is -0.990. The molecule has 106 valence electrons. The Morgan fingerprint density at radius 1 is 1.47 bits per heavy atom. The number of carbonyl (C=O) groups is 1. The van der Waals surface area contributed by atoms with Gasteiger partial charge >= 0.3 is 0 Å². The van der Waals surface area contributed by atoms with Crippen molar-refractivity contribution in [1.29, 1.82) is 0 Å². The Bertz CT molecular complexity index is 577. The molecule has 1 aromatic carbocycles. The summed E-state index contributed by atoms with van der Waals surface area (Å²) in [6.07, 6.45) is 0. The molecular formula is C11H14BrFN2O3S. The largest absolute Gasteiger partial charge is 0.355 e. The van der Waals surface area contributed by atoms with E-state index in [1.807, 2.05) is 0 Å². The highest BCUT2D eigenvalue weighted by atomic mass is 79.9. The van der Waals surface area contributed by atoms with Crippen LogP contribution in [-0.4, -0.2) is 38.8 Å².